The van der Waals surface area contributed by atoms with Gasteiger partial charge in [0.25, 0.3) is 0 Å². The van der Waals surface area contributed by atoms with Crippen LogP contribution in [0.4, 0.5) is 0 Å². The molecule has 1 aromatic rings. The van der Waals surface area contributed by atoms with E-state index >= 15 is 0 Å². The normalized spacial score (nSPS) is 12.6. The van der Waals surface area contributed by atoms with Crippen molar-refractivity contribution in [1.29, 1.82) is 0 Å². The molecule has 0 spiro atoms. The SMILES string of the molecule is CN(C)C(=O)/C=C/C[C@@H](O)CCc1ccccc1. The molecule has 1 atom stereocenters. The third-order valence-corrected chi connectivity index (χ3v) is 2.72. The molecule has 3 heteroatoms. The molecular formula is C15H21NO2. The fourth-order valence-electron chi connectivity index (χ4n) is 1.57. The Hall–Kier alpha value is -1.61. The fraction of sp³-hybridized carbons (Fsp3) is 0.400. The van der Waals surface area contributed by atoms with Gasteiger partial charge in [0.1, 0.15) is 0 Å². The number of aliphatic hydroxyl groups excluding tert-OH is 1. The molecular weight excluding hydrogens is 226 g/mol. The van der Waals surface area contributed by atoms with Crippen molar-refractivity contribution in [3.8, 4) is 0 Å². The van der Waals surface area contributed by atoms with Crippen LogP contribution in [0, 0.1) is 0 Å². The maximum Gasteiger partial charge on any atom is 0.245 e. The predicted octanol–water partition coefficient (Wildman–Crippen LogP) is 2.01. The summed E-state index contributed by atoms with van der Waals surface area (Å²) in [6, 6.07) is 10.1. The third kappa shape index (κ3) is 5.64. The Morgan fingerprint density at radius 2 is 2.00 bits per heavy atom. The van der Waals surface area contributed by atoms with Gasteiger partial charge in [-0.2, -0.15) is 0 Å². The second-order valence-electron chi connectivity index (χ2n) is 4.55. The molecule has 0 saturated carbocycles. The maximum absolute atomic E-state index is 11.3. The van der Waals surface area contributed by atoms with Gasteiger partial charge in [0.15, 0.2) is 0 Å². The summed E-state index contributed by atoms with van der Waals surface area (Å²) in [5, 5.41) is 9.79. The summed E-state index contributed by atoms with van der Waals surface area (Å²) < 4.78 is 0. The van der Waals surface area contributed by atoms with E-state index in [1.807, 2.05) is 18.2 Å². The van der Waals surface area contributed by atoms with Gasteiger partial charge < -0.3 is 10.0 Å². The van der Waals surface area contributed by atoms with Crippen molar-refractivity contribution in [2.75, 3.05) is 14.1 Å². The number of amides is 1. The van der Waals surface area contributed by atoms with Crippen LogP contribution in [-0.4, -0.2) is 36.1 Å². The largest absolute Gasteiger partial charge is 0.393 e. The number of carbonyl (C=O) groups is 1. The van der Waals surface area contributed by atoms with Gasteiger partial charge >= 0.3 is 0 Å². The van der Waals surface area contributed by atoms with E-state index in [2.05, 4.69) is 12.1 Å². The summed E-state index contributed by atoms with van der Waals surface area (Å²) in [4.78, 5) is 12.8. The average Bonchev–Trinajstić information content (AvgIpc) is 2.37. The van der Waals surface area contributed by atoms with Gasteiger partial charge in [0, 0.05) is 14.1 Å². The van der Waals surface area contributed by atoms with E-state index in [-0.39, 0.29) is 5.91 Å². The summed E-state index contributed by atoms with van der Waals surface area (Å²) in [5.74, 6) is -0.0507. The van der Waals surface area contributed by atoms with Crippen molar-refractivity contribution in [3.63, 3.8) is 0 Å². The molecule has 0 heterocycles. The lowest BCUT2D eigenvalue weighted by Gasteiger charge is -2.08. The highest BCUT2D eigenvalue weighted by molar-refractivity contribution is 5.87. The molecule has 0 aliphatic heterocycles. The van der Waals surface area contributed by atoms with E-state index in [4.69, 9.17) is 0 Å². The van der Waals surface area contributed by atoms with Crippen LogP contribution in [0.15, 0.2) is 42.5 Å². The van der Waals surface area contributed by atoms with E-state index in [0.717, 1.165) is 6.42 Å². The molecule has 0 radical (unpaired) electrons. The number of likely N-dealkylation sites (N-methyl/N-ethyl adjacent to an activating group) is 1. The number of hydrogen-bond donors (Lipinski definition) is 1. The quantitative estimate of drug-likeness (QED) is 0.781. The highest BCUT2D eigenvalue weighted by Gasteiger charge is 2.03. The minimum absolute atomic E-state index is 0.0507. The number of aryl methyl sites for hydroxylation is 1. The summed E-state index contributed by atoms with van der Waals surface area (Å²) in [7, 11) is 3.41. The first-order valence-corrected chi connectivity index (χ1v) is 6.19. The second kappa shape index (κ2) is 7.67. The number of nitrogens with zero attached hydrogens (tertiary/aromatic N) is 1. The van der Waals surface area contributed by atoms with Crippen LogP contribution in [0.25, 0.3) is 0 Å². The molecule has 18 heavy (non-hydrogen) atoms. The molecule has 0 bridgehead atoms. The minimum Gasteiger partial charge on any atom is -0.393 e. The van der Waals surface area contributed by atoms with E-state index in [9.17, 15) is 9.90 Å². The van der Waals surface area contributed by atoms with Crippen molar-refractivity contribution >= 4 is 5.91 Å². The second-order valence-corrected chi connectivity index (χ2v) is 4.55. The van der Waals surface area contributed by atoms with Gasteiger partial charge in [-0.3, -0.25) is 4.79 Å². The minimum atomic E-state index is -0.392. The zero-order valence-electron chi connectivity index (χ0n) is 11.0. The summed E-state index contributed by atoms with van der Waals surface area (Å²) in [6.45, 7) is 0. The van der Waals surface area contributed by atoms with Crippen molar-refractivity contribution in [2.45, 2.75) is 25.4 Å². The Morgan fingerprint density at radius 3 is 2.61 bits per heavy atom. The molecule has 0 fully saturated rings. The van der Waals surface area contributed by atoms with Gasteiger partial charge in [-0.15, -0.1) is 0 Å². The van der Waals surface area contributed by atoms with Crippen LogP contribution in [-0.2, 0) is 11.2 Å². The topological polar surface area (TPSA) is 40.5 Å². The maximum atomic E-state index is 11.3. The van der Waals surface area contributed by atoms with Crippen LogP contribution < -0.4 is 0 Å². The van der Waals surface area contributed by atoms with Gasteiger partial charge in [-0.1, -0.05) is 36.4 Å². The monoisotopic (exact) mass is 247 g/mol. The molecule has 0 aromatic heterocycles. The van der Waals surface area contributed by atoms with Gasteiger partial charge in [-0.05, 0) is 30.9 Å². The highest BCUT2D eigenvalue weighted by Crippen LogP contribution is 2.07. The average molecular weight is 247 g/mol. The third-order valence-electron chi connectivity index (χ3n) is 2.72. The van der Waals surface area contributed by atoms with Crippen LogP contribution in [0.1, 0.15) is 18.4 Å². The molecule has 0 unspecified atom stereocenters. The Balaban J connectivity index is 2.26. The highest BCUT2D eigenvalue weighted by atomic mass is 16.3. The lowest BCUT2D eigenvalue weighted by Crippen LogP contribution is -2.19. The lowest BCUT2D eigenvalue weighted by molar-refractivity contribution is -0.123. The van der Waals surface area contributed by atoms with Crippen molar-refractivity contribution in [1.82, 2.24) is 4.90 Å². The molecule has 1 rings (SSSR count). The fourth-order valence-corrected chi connectivity index (χ4v) is 1.57. The van der Waals surface area contributed by atoms with E-state index in [1.165, 1.54) is 16.5 Å². The van der Waals surface area contributed by atoms with E-state index < -0.39 is 6.10 Å². The molecule has 1 amide bonds. The Morgan fingerprint density at radius 1 is 1.33 bits per heavy atom. The number of hydrogen-bond acceptors (Lipinski definition) is 2. The van der Waals surface area contributed by atoms with Crippen molar-refractivity contribution < 1.29 is 9.90 Å². The predicted molar refractivity (Wildman–Crippen MR) is 73.2 cm³/mol. The summed E-state index contributed by atoms with van der Waals surface area (Å²) in [5.41, 5.74) is 1.23. The van der Waals surface area contributed by atoms with Gasteiger partial charge in [0.2, 0.25) is 5.91 Å². The first-order valence-electron chi connectivity index (χ1n) is 6.19. The number of rotatable bonds is 6. The Kier molecular flexibility index (Phi) is 6.15. The zero-order valence-corrected chi connectivity index (χ0v) is 11.0. The Labute approximate surface area is 109 Å². The van der Waals surface area contributed by atoms with Crippen LogP contribution in [0.5, 0.6) is 0 Å². The first-order chi connectivity index (χ1) is 8.59. The van der Waals surface area contributed by atoms with E-state index in [1.54, 1.807) is 20.2 Å². The smallest absolute Gasteiger partial charge is 0.245 e. The van der Waals surface area contributed by atoms with Crippen LogP contribution >= 0.6 is 0 Å². The molecule has 1 aromatic carbocycles. The molecule has 3 nitrogen and oxygen atoms in total. The van der Waals surface area contributed by atoms with Crippen LogP contribution in [0.3, 0.4) is 0 Å². The van der Waals surface area contributed by atoms with Crippen molar-refractivity contribution in [3.05, 3.63) is 48.0 Å². The molecule has 98 valence electrons. The molecule has 0 aliphatic carbocycles. The first kappa shape index (κ1) is 14.5. The van der Waals surface area contributed by atoms with Crippen LogP contribution in [0.2, 0.25) is 0 Å². The molecule has 0 saturated heterocycles. The zero-order chi connectivity index (χ0) is 13.4. The van der Waals surface area contributed by atoms with Gasteiger partial charge in [0.05, 0.1) is 6.10 Å². The summed E-state index contributed by atoms with van der Waals surface area (Å²) in [6.07, 6.45) is 4.94. The summed E-state index contributed by atoms with van der Waals surface area (Å²) >= 11 is 0. The standard InChI is InChI=1S/C15H21NO2/c1-16(2)15(18)10-6-9-14(17)12-11-13-7-4-3-5-8-13/h3-8,10,14,17H,9,11-12H2,1-2H3/b10-6+/t14-/m1/s1. The molecule has 0 aliphatic rings. The number of aliphatic hydroxyl groups is 1. The molecule has 1 N–H and O–H groups in total. The van der Waals surface area contributed by atoms with Crippen molar-refractivity contribution in [2.24, 2.45) is 0 Å². The lowest BCUT2D eigenvalue weighted by atomic mass is 10.1. The van der Waals surface area contributed by atoms with Gasteiger partial charge in [-0.25, -0.2) is 0 Å². The Bertz CT molecular complexity index is 385. The number of benzene rings is 1. The van der Waals surface area contributed by atoms with E-state index in [0.29, 0.717) is 12.8 Å². The number of carbonyl (C=O) groups excluding carboxylic acids is 1.